The minimum atomic E-state index is -5.07. The number of hydrogen-bond donors (Lipinski definition) is 1. The molecule has 0 aromatic carbocycles. The topological polar surface area (TPSA) is 38.5 Å². The molecular formula is C13H21F6O2S2+. The van der Waals surface area contributed by atoms with Gasteiger partial charge in [-0.15, -0.1) is 12.6 Å². The molecule has 0 rings (SSSR count). The largest absolute Gasteiger partial charge is 0.350 e. The Kier molecular flexibility index (Phi) is 12.1. The molecular weight excluding hydrogens is 366 g/mol. The molecule has 0 heterocycles. The summed E-state index contributed by atoms with van der Waals surface area (Å²) in [5, 5.41) is -0.152. The minimum absolute atomic E-state index is 0.0509. The van der Waals surface area contributed by atoms with Crippen LogP contribution in [-0.2, 0) is 4.79 Å². The van der Waals surface area contributed by atoms with E-state index in [-0.39, 0.29) is 29.3 Å². The number of halogens is 6. The van der Waals surface area contributed by atoms with Crippen LogP contribution in [-0.4, -0.2) is 45.0 Å². The van der Waals surface area contributed by atoms with Crippen LogP contribution < -0.4 is 0 Å². The minimum Gasteiger partial charge on any atom is -0.288 e. The molecule has 0 saturated heterocycles. The molecule has 0 aromatic rings. The molecule has 2 atom stereocenters. The van der Waals surface area contributed by atoms with Crippen LogP contribution in [0.1, 0.15) is 40.0 Å². The van der Waals surface area contributed by atoms with Gasteiger partial charge in [-0.25, -0.2) is 8.78 Å². The summed E-state index contributed by atoms with van der Waals surface area (Å²) in [6, 6.07) is 0. The van der Waals surface area contributed by atoms with Crippen LogP contribution in [0.15, 0.2) is 0 Å². The lowest BCUT2D eigenvalue weighted by Crippen LogP contribution is -2.52. The van der Waals surface area contributed by atoms with Gasteiger partial charge in [-0.3, -0.25) is 9.59 Å². The Balaban J connectivity index is 0. The molecule has 0 bridgehead atoms. The lowest BCUT2D eigenvalue weighted by atomic mass is 10.0. The van der Waals surface area contributed by atoms with Crippen LogP contribution in [0.2, 0.25) is 0 Å². The summed E-state index contributed by atoms with van der Waals surface area (Å²) >= 11 is 4.16. The molecule has 0 saturated carbocycles. The molecule has 0 fully saturated rings. The number of alkyl halides is 6. The van der Waals surface area contributed by atoms with Gasteiger partial charge in [0.15, 0.2) is 17.5 Å². The number of carbonyl (C=O) groups excluding carboxylic acids is 2. The Bertz CT molecular complexity index is 377. The second kappa shape index (κ2) is 11.2. The van der Waals surface area contributed by atoms with E-state index in [2.05, 4.69) is 12.6 Å². The zero-order chi connectivity index (χ0) is 18.8. The monoisotopic (exact) mass is 387 g/mol. The van der Waals surface area contributed by atoms with Crippen LogP contribution in [0.5, 0.6) is 0 Å². The lowest BCUT2D eigenvalue weighted by Gasteiger charge is -2.29. The Morgan fingerprint density at radius 2 is 1.57 bits per heavy atom. The quantitative estimate of drug-likeness (QED) is 0.368. The van der Waals surface area contributed by atoms with E-state index in [1.165, 1.54) is 0 Å². The first-order chi connectivity index (χ1) is 10.3. The molecule has 10 heteroatoms. The van der Waals surface area contributed by atoms with E-state index >= 15 is 0 Å². The Morgan fingerprint density at radius 3 is 1.87 bits per heavy atom. The summed E-state index contributed by atoms with van der Waals surface area (Å²) in [5.41, 5.74) is 0. The molecule has 0 aliphatic carbocycles. The Morgan fingerprint density at radius 1 is 1.13 bits per heavy atom. The summed E-state index contributed by atoms with van der Waals surface area (Å²) in [5.74, 6) is -10.4. The van der Waals surface area contributed by atoms with Crippen molar-refractivity contribution >= 4 is 34.6 Å². The van der Waals surface area contributed by atoms with Crippen molar-refractivity contribution in [3.05, 3.63) is 0 Å². The van der Waals surface area contributed by atoms with Gasteiger partial charge in [-0.2, -0.15) is 17.6 Å². The molecule has 1 N–H and O–H groups in total. The van der Waals surface area contributed by atoms with Gasteiger partial charge < -0.3 is 0 Å². The summed E-state index contributed by atoms with van der Waals surface area (Å²) < 4.78 is 77.1. The molecule has 0 radical (unpaired) electrons. The van der Waals surface area contributed by atoms with Crippen molar-refractivity contribution in [1.82, 2.24) is 0 Å². The van der Waals surface area contributed by atoms with Crippen LogP contribution in [0.25, 0.3) is 0 Å². The number of hydrogen-bond acceptors (Lipinski definition) is 2. The van der Waals surface area contributed by atoms with E-state index in [1.54, 1.807) is 13.8 Å². The molecule has 0 aliphatic rings. The molecule has 23 heavy (non-hydrogen) atoms. The lowest BCUT2D eigenvalue weighted by molar-refractivity contribution is -0.261. The maximum absolute atomic E-state index is 13.1. The standard InChI is InChI=1S/C10H14F6OS.C3H6OS/c1-3-8(17)18-5-4-7(12)10(15,16)9(13,14)6(2)11;1-2-3(4)5/h6-7H,3-5H2,1-2H3;2H2,1H3,(H,4,5)/p+1. The van der Waals surface area contributed by atoms with Gasteiger partial charge in [0.25, 0.3) is 0 Å². The highest BCUT2D eigenvalue weighted by Crippen LogP contribution is 2.43. The average molecular weight is 387 g/mol. The fraction of sp³-hybridized carbons (Fsp3) is 0.846. The normalized spacial score (nSPS) is 14.5. The van der Waals surface area contributed by atoms with Gasteiger partial charge in [0.05, 0.1) is 6.42 Å². The SMILES string of the molecule is CCC(=O)S.CCC(=[OH+])SCCC(F)C(F)(F)C(F)(F)C(C)F. The number of carbonyl (C=O) groups is 1. The highest BCUT2D eigenvalue weighted by molar-refractivity contribution is 8.13. The first-order valence-corrected chi connectivity index (χ1v) is 8.20. The fourth-order valence-electron chi connectivity index (χ4n) is 1.04. The molecule has 0 aliphatic heterocycles. The van der Waals surface area contributed by atoms with Crippen molar-refractivity contribution < 1.29 is 35.9 Å². The highest BCUT2D eigenvalue weighted by Gasteiger charge is 2.64. The van der Waals surface area contributed by atoms with Crippen LogP contribution in [0.3, 0.4) is 0 Å². The molecule has 0 aromatic heterocycles. The smallest absolute Gasteiger partial charge is 0.288 e. The van der Waals surface area contributed by atoms with Gasteiger partial charge >= 0.3 is 17.0 Å². The van der Waals surface area contributed by atoms with E-state index in [0.29, 0.717) is 18.2 Å². The second-order valence-corrected chi connectivity index (χ2v) is 6.13. The third-order valence-corrected chi connectivity index (χ3v) is 3.96. The van der Waals surface area contributed by atoms with E-state index in [1.807, 2.05) is 0 Å². The molecule has 0 amide bonds. The van der Waals surface area contributed by atoms with Crippen LogP contribution >= 0.6 is 24.4 Å². The summed E-state index contributed by atoms with van der Waals surface area (Å²) in [4.78, 5) is 18.7. The average Bonchev–Trinajstić information content (AvgIpc) is 2.46. The summed E-state index contributed by atoms with van der Waals surface area (Å²) in [7, 11) is 0. The Labute approximate surface area is 141 Å². The predicted octanol–water partition coefficient (Wildman–Crippen LogP) is 4.84. The van der Waals surface area contributed by atoms with E-state index in [9.17, 15) is 31.1 Å². The van der Waals surface area contributed by atoms with Gasteiger partial charge in [0.1, 0.15) is 0 Å². The molecule has 2 nitrogen and oxygen atoms in total. The maximum atomic E-state index is 13.1. The highest BCUT2D eigenvalue weighted by atomic mass is 32.2. The molecule has 138 valence electrons. The number of thiol groups is 1. The van der Waals surface area contributed by atoms with Crippen LogP contribution in [0.4, 0.5) is 26.3 Å². The maximum Gasteiger partial charge on any atom is 0.350 e. The van der Waals surface area contributed by atoms with Crippen molar-refractivity contribution in [1.29, 1.82) is 0 Å². The molecule has 0 spiro atoms. The van der Waals surface area contributed by atoms with Gasteiger partial charge in [-0.1, -0.05) is 13.8 Å². The predicted molar refractivity (Wildman–Crippen MR) is 84.0 cm³/mol. The van der Waals surface area contributed by atoms with Crippen molar-refractivity contribution in [2.24, 2.45) is 0 Å². The van der Waals surface area contributed by atoms with E-state index in [0.717, 1.165) is 0 Å². The van der Waals surface area contributed by atoms with Gasteiger partial charge in [0.2, 0.25) is 0 Å². The van der Waals surface area contributed by atoms with Crippen molar-refractivity contribution in [2.45, 2.75) is 64.2 Å². The Hall–Kier alpha value is -0.380. The third-order valence-electron chi connectivity index (χ3n) is 2.58. The summed E-state index contributed by atoms with van der Waals surface area (Å²) in [6.45, 7) is 3.62. The van der Waals surface area contributed by atoms with Crippen molar-refractivity contribution in [3.8, 4) is 0 Å². The van der Waals surface area contributed by atoms with E-state index < -0.39 is 30.6 Å². The zero-order valence-electron chi connectivity index (χ0n) is 13.0. The first kappa shape index (κ1) is 24.9. The summed E-state index contributed by atoms with van der Waals surface area (Å²) in [6.07, 6.45) is -6.43. The molecule has 2 unspecified atom stereocenters. The fourth-order valence-corrected chi connectivity index (χ4v) is 1.80. The number of rotatable bonds is 8. The number of thioether (sulfide) groups is 1. The van der Waals surface area contributed by atoms with Crippen molar-refractivity contribution in [3.63, 3.8) is 0 Å². The van der Waals surface area contributed by atoms with E-state index in [4.69, 9.17) is 4.79 Å². The van der Waals surface area contributed by atoms with Crippen molar-refractivity contribution in [2.75, 3.05) is 5.75 Å². The first-order valence-electron chi connectivity index (χ1n) is 6.77. The van der Waals surface area contributed by atoms with Gasteiger partial charge in [0, 0.05) is 12.2 Å². The van der Waals surface area contributed by atoms with Gasteiger partial charge in [-0.05, 0) is 25.1 Å². The second-order valence-electron chi connectivity index (χ2n) is 4.46. The third kappa shape index (κ3) is 8.88. The zero-order valence-corrected chi connectivity index (χ0v) is 14.7. The van der Waals surface area contributed by atoms with Crippen LogP contribution in [0, 0.1) is 0 Å².